The largest absolute Gasteiger partial charge is 0.444 e. The minimum absolute atomic E-state index is 0.0718. The van der Waals surface area contributed by atoms with Gasteiger partial charge in [0.2, 0.25) is 5.79 Å². The molecule has 6 heteroatoms. The topological polar surface area (TPSA) is 48.0 Å². The number of halogens is 1. The summed E-state index contributed by atoms with van der Waals surface area (Å²) in [7, 11) is 0. The summed E-state index contributed by atoms with van der Waals surface area (Å²) in [6, 6.07) is 0. The van der Waals surface area contributed by atoms with E-state index in [4.69, 9.17) is 25.8 Å². The third-order valence-electron chi connectivity index (χ3n) is 2.60. The second-order valence-electron chi connectivity index (χ2n) is 5.45. The Morgan fingerprint density at radius 1 is 1.53 bits per heavy atom. The average Bonchev–Trinajstić information content (AvgIpc) is 2.56. The lowest BCUT2D eigenvalue weighted by Gasteiger charge is -2.45. The number of ether oxygens (including phenoxy) is 3. The number of likely N-dealkylation sites (tertiary alicyclic amines) is 1. The molecule has 5 nitrogen and oxygen atoms in total. The maximum Gasteiger partial charge on any atom is 0.410 e. The van der Waals surface area contributed by atoms with Crippen molar-refractivity contribution >= 4 is 17.7 Å². The summed E-state index contributed by atoms with van der Waals surface area (Å²) in [6.45, 7) is 6.84. The van der Waals surface area contributed by atoms with Crippen molar-refractivity contribution in [2.24, 2.45) is 0 Å². The van der Waals surface area contributed by atoms with E-state index in [1.165, 1.54) is 0 Å². The molecule has 0 aromatic rings. The first-order chi connectivity index (χ1) is 7.84. The molecular formula is C11H18ClNO4. The number of amides is 1. The number of nitrogens with zero attached hydrogens (tertiary/aromatic N) is 1. The number of hydrogen-bond donors (Lipinski definition) is 0. The van der Waals surface area contributed by atoms with E-state index < -0.39 is 11.4 Å². The highest BCUT2D eigenvalue weighted by Crippen LogP contribution is 2.34. The lowest BCUT2D eigenvalue weighted by atomic mass is 10.1. The molecule has 0 aromatic carbocycles. The first-order valence-corrected chi connectivity index (χ1v) is 6.23. The van der Waals surface area contributed by atoms with Crippen LogP contribution in [0.4, 0.5) is 4.79 Å². The Morgan fingerprint density at radius 2 is 2.18 bits per heavy atom. The summed E-state index contributed by atoms with van der Waals surface area (Å²) < 4.78 is 16.4. The molecule has 1 atom stereocenters. The molecule has 2 saturated heterocycles. The van der Waals surface area contributed by atoms with Gasteiger partial charge in [0.15, 0.2) is 0 Å². The smallest absolute Gasteiger partial charge is 0.410 e. The average molecular weight is 264 g/mol. The van der Waals surface area contributed by atoms with E-state index >= 15 is 0 Å². The number of carbonyl (C=O) groups is 1. The zero-order chi connectivity index (χ0) is 12.7. The molecule has 0 saturated carbocycles. The Balaban J connectivity index is 1.81. The first-order valence-electron chi connectivity index (χ1n) is 5.69. The summed E-state index contributed by atoms with van der Waals surface area (Å²) in [5.41, 5.74) is -0.476. The van der Waals surface area contributed by atoms with E-state index in [1.54, 1.807) is 4.90 Å². The van der Waals surface area contributed by atoms with E-state index in [2.05, 4.69) is 0 Å². The molecule has 1 amide bonds. The summed E-state index contributed by atoms with van der Waals surface area (Å²) >= 11 is 5.69. The Morgan fingerprint density at radius 3 is 2.65 bits per heavy atom. The normalized spacial score (nSPS) is 27.1. The third-order valence-corrected chi connectivity index (χ3v) is 2.95. The fourth-order valence-corrected chi connectivity index (χ4v) is 2.00. The third kappa shape index (κ3) is 2.84. The fraction of sp³-hybridized carbons (Fsp3) is 0.909. The van der Waals surface area contributed by atoms with Gasteiger partial charge in [0, 0.05) is 0 Å². The predicted octanol–water partition coefficient (Wildman–Crippen LogP) is 1.59. The van der Waals surface area contributed by atoms with Crippen molar-refractivity contribution in [1.82, 2.24) is 4.90 Å². The van der Waals surface area contributed by atoms with Crippen LogP contribution >= 0.6 is 11.6 Å². The molecule has 2 aliphatic rings. The number of alkyl halides is 1. The summed E-state index contributed by atoms with van der Waals surface area (Å²) in [5.74, 6) is -0.231. The maximum absolute atomic E-state index is 11.7. The lowest BCUT2D eigenvalue weighted by molar-refractivity contribution is -0.237. The molecule has 2 fully saturated rings. The second kappa shape index (κ2) is 4.30. The summed E-state index contributed by atoms with van der Waals surface area (Å²) in [5, 5.41) is 0. The lowest BCUT2D eigenvalue weighted by Crippen LogP contribution is -2.64. The van der Waals surface area contributed by atoms with Gasteiger partial charge in [0.25, 0.3) is 0 Å². The van der Waals surface area contributed by atoms with Crippen LogP contribution in [-0.4, -0.2) is 54.1 Å². The van der Waals surface area contributed by atoms with Crippen molar-refractivity contribution < 1.29 is 19.0 Å². The fourth-order valence-electron chi connectivity index (χ4n) is 1.85. The minimum Gasteiger partial charge on any atom is -0.444 e. The molecular weight excluding hydrogens is 246 g/mol. The van der Waals surface area contributed by atoms with Crippen LogP contribution in [0.1, 0.15) is 20.8 Å². The molecule has 0 radical (unpaired) electrons. The van der Waals surface area contributed by atoms with Gasteiger partial charge in [0.1, 0.15) is 5.60 Å². The first kappa shape index (κ1) is 12.9. The van der Waals surface area contributed by atoms with Gasteiger partial charge >= 0.3 is 6.09 Å². The van der Waals surface area contributed by atoms with Crippen LogP contribution in [0.5, 0.6) is 0 Å². The molecule has 17 heavy (non-hydrogen) atoms. The van der Waals surface area contributed by atoms with Gasteiger partial charge in [-0.3, -0.25) is 4.90 Å². The Hall–Kier alpha value is -0.520. The van der Waals surface area contributed by atoms with Crippen molar-refractivity contribution in [3.63, 3.8) is 0 Å². The van der Waals surface area contributed by atoms with Gasteiger partial charge in [-0.05, 0) is 20.8 Å². The molecule has 2 rings (SSSR count). The van der Waals surface area contributed by atoms with Crippen molar-refractivity contribution in [3.8, 4) is 0 Å². The monoisotopic (exact) mass is 263 g/mol. The van der Waals surface area contributed by atoms with Crippen LogP contribution < -0.4 is 0 Å². The Bertz CT molecular complexity index is 309. The van der Waals surface area contributed by atoms with E-state index in [9.17, 15) is 4.79 Å². The number of rotatable bonds is 1. The molecule has 1 spiro atoms. The van der Waals surface area contributed by atoms with Gasteiger partial charge in [-0.1, -0.05) is 0 Å². The van der Waals surface area contributed by atoms with Gasteiger partial charge in [0.05, 0.1) is 31.7 Å². The van der Waals surface area contributed by atoms with E-state index in [1.807, 2.05) is 20.8 Å². The molecule has 2 aliphatic heterocycles. The molecule has 0 N–H and O–H groups in total. The zero-order valence-electron chi connectivity index (χ0n) is 10.4. The van der Waals surface area contributed by atoms with E-state index in [0.717, 1.165) is 0 Å². The van der Waals surface area contributed by atoms with E-state index in [-0.39, 0.29) is 12.2 Å². The Labute approximate surface area is 106 Å². The quantitative estimate of drug-likeness (QED) is 0.674. The van der Waals surface area contributed by atoms with Crippen LogP contribution in [0.2, 0.25) is 0 Å². The molecule has 2 heterocycles. The highest BCUT2D eigenvalue weighted by Gasteiger charge is 2.53. The van der Waals surface area contributed by atoms with Crippen LogP contribution in [0.15, 0.2) is 0 Å². The molecule has 0 aromatic heterocycles. The van der Waals surface area contributed by atoms with Crippen LogP contribution in [0, 0.1) is 0 Å². The maximum atomic E-state index is 11.7. The molecule has 98 valence electrons. The summed E-state index contributed by atoms with van der Waals surface area (Å²) in [4.78, 5) is 13.3. The SMILES string of the molecule is CC(C)(C)OC(=O)N1CC2(C1)OCC(CCl)O2. The van der Waals surface area contributed by atoms with Crippen LogP contribution in [0.3, 0.4) is 0 Å². The highest BCUT2D eigenvalue weighted by atomic mass is 35.5. The second-order valence-corrected chi connectivity index (χ2v) is 5.76. The van der Waals surface area contributed by atoms with Crippen molar-refractivity contribution in [2.75, 3.05) is 25.6 Å². The zero-order valence-corrected chi connectivity index (χ0v) is 11.1. The van der Waals surface area contributed by atoms with Gasteiger partial charge in [-0.25, -0.2) is 4.79 Å². The predicted molar refractivity (Wildman–Crippen MR) is 62.1 cm³/mol. The minimum atomic E-state index is -0.642. The summed E-state index contributed by atoms with van der Waals surface area (Å²) in [6.07, 6.45) is -0.401. The van der Waals surface area contributed by atoms with Crippen molar-refractivity contribution in [3.05, 3.63) is 0 Å². The van der Waals surface area contributed by atoms with Gasteiger partial charge < -0.3 is 14.2 Å². The van der Waals surface area contributed by atoms with Crippen LogP contribution in [-0.2, 0) is 14.2 Å². The molecule has 0 bridgehead atoms. The standard InChI is InChI=1S/C11H18ClNO4/c1-10(2,3)17-9(14)13-6-11(7-13)15-5-8(4-12)16-11/h8H,4-7H2,1-3H3. The number of carbonyl (C=O) groups excluding carboxylic acids is 1. The number of hydrogen-bond acceptors (Lipinski definition) is 4. The molecule has 1 unspecified atom stereocenters. The van der Waals surface area contributed by atoms with Crippen LogP contribution in [0.25, 0.3) is 0 Å². The Kier molecular flexibility index (Phi) is 3.27. The van der Waals surface area contributed by atoms with Crippen molar-refractivity contribution in [2.45, 2.75) is 38.3 Å². The van der Waals surface area contributed by atoms with Gasteiger partial charge in [-0.2, -0.15) is 0 Å². The van der Waals surface area contributed by atoms with Crippen molar-refractivity contribution in [1.29, 1.82) is 0 Å². The molecule has 0 aliphatic carbocycles. The van der Waals surface area contributed by atoms with Gasteiger partial charge in [-0.15, -0.1) is 11.6 Å². The highest BCUT2D eigenvalue weighted by molar-refractivity contribution is 6.18. The van der Waals surface area contributed by atoms with E-state index in [0.29, 0.717) is 25.6 Å².